The van der Waals surface area contributed by atoms with E-state index in [2.05, 4.69) is 6.07 Å². The summed E-state index contributed by atoms with van der Waals surface area (Å²) >= 11 is 0. The first-order valence-electron chi connectivity index (χ1n) is 14.4. The smallest absolute Gasteiger partial charge is 0.416 e. The van der Waals surface area contributed by atoms with Crippen LogP contribution in [-0.2, 0) is 9.47 Å². The van der Waals surface area contributed by atoms with Crippen molar-refractivity contribution < 1.29 is 19.1 Å². The molecular formula is C33H39N5O4. The lowest BCUT2D eigenvalue weighted by Gasteiger charge is -2.28. The second kappa shape index (κ2) is 10.8. The molecule has 0 N–H and O–H groups in total. The van der Waals surface area contributed by atoms with Crippen molar-refractivity contribution in [3.63, 3.8) is 0 Å². The highest BCUT2D eigenvalue weighted by Gasteiger charge is 2.58. The Balaban J connectivity index is 1.45. The van der Waals surface area contributed by atoms with Gasteiger partial charge in [0.25, 0.3) is 0 Å². The summed E-state index contributed by atoms with van der Waals surface area (Å²) in [5.41, 5.74) is 3.01. The molecule has 0 radical (unpaired) electrons. The third-order valence-corrected chi connectivity index (χ3v) is 7.59. The van der Waals surface area contributed by atoms with Crippen LogP contribution < -0.4 is 4.90 Å². The molecular weight excluding hydrogens is 530 g/mol. The zero-order valence-electron chi connectivity index (χ0n) is 25.4. The molecule has 1 aliphatic carbocycles. The Labute approximate surface area is 247 Å². The molecule has 2 atom stereocenters. The van der Waals surface area contributed by atoms with Crippen molar-refractivity contribution in [1.82, 2.24) is 14.7 Å². The average Bonchev–Trinajstić information content (AvgIpc) is 3.23. The zero-order chi connectivity index (χ0) is 30.4. The van der Waals surface area contributed by atoms with Crippen LogP contribution >= 0.6 is 0 Å². The predicted molar refractivity (Wildman–Crippen MR) is 160 cm³/mol. The van der Waals surface area contributed by atoms with E-state index >= 15 is 0 Å². The topological polar surface area (TPSA) is 101 Å². The van der Waals surface area contributed by atoms with Crippen LogP contribution in [0.1, 0.15) is 52.7 Å². The molecule has 0 spiro atoms. The number of anilines is 1. The molecule has 9 heteroatoms. The minimum atomic E-state index is -0.683. The van der Waals surface area contributed by atoms with Crippen molar-refractivity contribution in [3.8, 4) is 23.0 Å². The van der Waals surface area contributed by atoms with Gasteiger partial charge in [0.05, 0.1) is 23.0 Å². The Morgan fingerprint density at radius 1 is 0.952 bits per heavy atom. The molecule has 2 unspecified atom stereocenters. The summed E-state index contributed by atoms with van der Waals surface area (Å²) in [6.45, 7) is 14.8. The molecule has 0 bridgehead atoms. The average molecular weight is 570 g/mol. The second-order valence-electron chi connectivity index (χ2n) is 13.3. The van der Waals surface area contributed by atoms with Crippen LogP contribution in [0, 0.1) is 36.0 Å². The van der Waals surface area contributed by atoms with Gasteiger partial charge in [-0.3, -0.25) is 4.90 Å². The van der Waals surface area contributed by atoms with Crippen LogP contribution in [0.15, 0.2) is 54.6 Å². The number of ether oxygens (including phenoxy) is 2. The first-order valence-corrected chi connectivity index (χ1v) is 14.4. The van der Waals surface area contributed by atoms with E-state index in [0.29, 0.717) is 42.9 Å². The number of hydrogen-bond acceptors (Lipinski definition) is 6. The molecule has 2 fully saturated rings. The molecule has 5 rings (SSSR count). The molecule has 1 saturated carbocycles. The van der Waals surface area contributed by atoms with Gasteiger partial charge in [0.15, 0.2) is 5.82 Å². The maximum Gasteiger partial charge on any atom is 0.416 e. The lowest BCUT2D eigenvalue weighted by atomic mass is 10.1. The van der Waals surface area contributed by atoms with Gasteiger partial charge in [-0.15, -0.1) is 5.10 Å². The summed E-state index contributed by atoms with van der Waals surface area (Å²) in [5.74, 6) is 1.29. The minimum absolute atomic E-state index is 0.221. The number of aromatic nitrogens is 2. The van der Waals surface area contributed by atoms with Crippen LogP contribution in [0.5, 0.6) is 0 Å². The first-order chi connectivity index (χ1) is 19.7. The van der Waals surface area contributed by atoms with Crippen LogP contribution in [0.4, 0.5) is 15.4 Å². The highest BCUT2D eigenvalue weighted by atomic mass is 16.6. The largest absolute Gasteiger partial charge is 0.444 e. The van der Waals surface area contributed by atoms with E-state index in [9.17, 15) is 14.9 Å². The van der Waals surface area contributed by atoms with E-state index in [1.807, 2.05) is 90.9 Å². The molecule has 2 aliphatic rings. The van der Waals surface area contributed by atoms with Gasteiger partial charge < -0.3 is 14.4 Å². The number of carbonyl (C=O) groups excluding carboxylic acids is 2. The fourth-order valence-corrected chi connectivity index (χ4v) is 5.49. The highest BCUT2D eigenvalue weighted by molar-refractivity contribution is 5.88. The van der Waals surface area contributed by atoms with E-state index in [1.165, 1.54) is 0 Å². The van der Waals surface area contributed by atoms with Gasteiger partial charge in [-0.25, -0.2) is 14.3 Å². The third kappa shape index (κ3) is 6.43. The fraction of sp³-hybridized carbons (Fsp3) is 0.455. The van der Waals surface area contributed by atoms with Gasteiger partial charge in [0.1, 0.15) is 11.2 Å². The van der Waals surface area contributed by atoms with Crippen LogP contribution in [0.3, 0.4) is 0 Å². The summed E-state index contributed by atoms with van der Waals surface area (Å²) in [5, 5.41) is 14.2. The number of hydrogen-bond donors (Lipinski definition) is 0. The normalized spacial score (nSPS) is 19.6. The van der Waals surface area contributed by atoms with Crippen molar-refractivity contribution in [2.75, 3.05) is 24.5 Å². The number of aryl methyl sites for hydroxylation is 1. The summed E-state index contributed by atoms with van der Waals surface area (Å²) < 4.78 is 13.2. The highest BCUT2D eigenvalue weighted by Crippen LogP contribution is 2.52. The molecule has 2 aromatic carbocycles. The maximum atomic E-state index is 13.6. The Morgan fingerprint density at radius 3 is 2.10 bits per heavy atom. The molecule has 1 saturated heterocycles. The number of nitrogens with zero attached hydrogens (tertiary/aromatic N) is 5. The molecule has 42 heavy (non-hydrogen) atoms. The maximum absolute atomic E-state index is 13.6. The number of piperidine rings is 1. The number of benzene rings is 2. The summed E-state index contributed by atoms with van der Waals surface area (Å²) in [7, 11) is 0. The van der Waals surface area contributed by atoms with E-state index in [-0.39, 0.29) is 12.0 Å². The van der Waals surface area contributed by atoms with Crippen molar-refractivity contribution in [1.29, 1.82) is 5.26 Å². The van der Waals surface area contributed by atoms with E-state index < -0.39 is 17.3 Å². The van der Waals surface area contributed by atoms with Crippen LogP contribution in [0.25, 0.3) is 16.9 Å². The molecule has 3 aromatic rings. The van der Waals surface area contributed by atoms with Gasteiger partial charge in [0.2, 0.25) is 0 Å². The van der Waals surface area contributed by atoms with E-state index in [1.54, 1.807) is 26.6 Å². The summed E-state index contributed by atoms with van der Waals surface area (Å²) in [6, 6.07) is 19.4. The molecule has 1 aromatic heterocycles. The number of rotatable bonds is 5. The van der Waals surface area contributed by atoms with E-state index in [4.69, 9.17) is 14.6 Å². The molecule has 2 heterocycles. The van der Waals surface area contributed by atoms with Crippen LogP contribution in [-0.4, -0.2) is 57.7 Å². The van der Waals surface area contributed by atoms with Gasteiger partial charge in [-0.05, 0) is 90.5 Å². The van der Waals surface area contributed by atoms with Gasteiger partial charge >= 0.3 is 12.2 Å². The monoisotopic (exact) mass is 569 g/mol. The summed E-state index contributed by atoms with van der Waals surface area (Å²) in [4.78, 5) is 29.6. The Hall–Kier alpha value is -4.32. The van der Waals surface area contributed by atoms with Crippen molar-refractivity contribution in [2.24, 2.45) is 17.8 Å². The zero-order valence-corrected chi connectivity index (χ0v) is 25.4. The number of likely N-dealkylation sites (tertiary alicyclic amines) is 1. The first kappa shape index (κ1) is 29.2. The Kier molecular flexibility index (Phi) is 7.52. The third-order valence-electron chi connectivity index (χ3n) is 7.59. The van der Waals surface area contributed by atoms with Gasteiger partial charge in [-0.1, -0.05) is 29.8 Å². The van der Waals surface area contributed by atoms with Crippen molar-refractivity contribution in [2.45, 2.75) is 59.7 Å². The number of carbonyl (C=O) groups is 2. The lowest BCUT2D eigenvalue weighted by Crippen LogP contribution is -2.41. The van der Waals surface area contributed by atoms with Gasteiger partial charge in [0, 0.05) is 31.3 Å². The van der Waals surface area contributed by atoms with Crippen LogP contribution in [0.2, 0.25) is 0 Å². The van der Waals surface area contributed by atoms with E-state index in [0.717, 1.165) is 22.5 Å². The molecule has 1 aliphatic heterocycles. The lowest BCUT2D eigenvalue weighted by molar-refractivity contribution is 0.0264. The molecule has 220 valence electrons. The number of amides is 2. The SMILES string of the molecule is Cc1ccc(-c2cc(N(CC3C4CN(C(=O)OC(C)(C)C)CC43)C(=O)OC(C)(C)C)nn2-c2ccc(C#N)cc2)cc1. The fourth-order valence-electron chi connectivity index (χ4n) is 5.49. The standard InChI is InChI=1S/C33H39N5O4/c1-21-8-12-23(13-9-21)28-16-29(35-38(28)24-14-10-22(17-34)11-15-24)37(31(40)42-33(5,6)7)20-27-25-18-36(19-26(25)27)30(39)41-32(2,3)4/h8-16,25-27H,18-20H2,1-7H3. The second-order valence-corrected chi connectivity index (χ2v) is 13.3. The predicted octanol–water partition coefficient (Wildman–Crippen LogP) is 6.57. The Bertz CT molecular complexity index is 1490. The minimum Gasteiger partial charge on any atom is -0.444 e. The quantitative estimate of drug-likeness (QED) is 0.344. The number of nitriles is 1. The number of fused-ring (bicyclic) bond motifs is 1. The molecule has 9 nitrogen and oxygen atoms in total. The molecule has 2 amide bonds. The van der Waals surface area contributed by atoms with Crippen molar-refractivity contribution >= 4 is 18.0 Å². The van der Waals surface area contributed by atoms with Crippen molar-refractivity contribution in [3.05, 3.63) is 65.7 Å². The van der Waals surface area contributed by atoms with Gasteiger partial charge in [-0.2, -0.15) is 5.26 Å². The summed E-state index contributed by atoms with van der Waals surface area (Å²) in [6.07, 6.45) is -0.752. The Morgan fingerprint density at radius 2 is 1.55 bits per heavy atom.